The zero-order valence-electron chi connectivity index (χ0n) is 11.4. The van der Waals surface area contributed by atoms with Gasteiger partial charge in [-0.15, -0.1) is 0 Å². The number of carbonyl (C=O) groups is 1. The number of likely N-dealkylation sites (tertiary alicyclic amines) is 1. The minimum absolute atomic E-state index is 0.128. The molecule has 0 aliphatic carbocycles. The van der Waals surface area contributed by atoms with Crippen LogP contribution in [0.15, 0.2) is 31.1 Å². The lowest BCUT2D eigenvalue weighted by molar-refractivity contribution is -0.130. The summed E-state index contributed by atoms with van der Waals surface area (Å²) in [5.74, 6) is 1.17. The van der Waals surface area contributed by atoms with Gasteiger partial charge < -0.3 is 4.90 Å². The van der Waals surface area contributed by atoms with E-state index in [1.54, 1.807) is 31.8 Å². The van der Waals surface area contributed by atoms with Crippen LogP contribution in [0.2, 0.25) is 0 Å². The first-order chi connectivity index (χ1) is 9.75. The zero-order chi connectivity index (χ0) is 13.9. The fourth-order valence-electron chi connectivity index (χ4n) is 2.70. The topological polar surface area (TPSA) is 63.9 Å². The molecule has 0 bridgehead atoms. The Balaban J connectivity index is 1.92. The molecule has 0 radical (unpaired) electrons. The molecule has 1 amide bonds. The fraction of sp³-hybridized carbons (Fsp3) is 0.429. The number of aromatic nitrogens is 4. The molecule has 2 aromatic heterocycles. The zero-order valence-corrected chi connectivity index (χ0v) is 11.4. The van der Waals surface area contributed by atoms with E-state index in [2.05, 4.69) is 15.0 Å². The maximum Gasteiger partial charge on any atom is 0.219 e. The molecule has 1 aliphatic heterocycles. The molecule has 3 rings (SSSR count). The predicted molar refractivity (Wildman–Crippen MR) is 73.4 cm³/mol. The predicted octanol–water partition coefficient (Wildman–Crippen LogP) is 1.39. The lowest BCUT2D eigenvalue weighted by Gasteiger charge is -2.32. The third-order valence-corrected chi connectivity index (χ3v) is 3.71. The third kappa shape index (κ3) is 2.41. The number of hydrogen-bond donors (Lipinski definition) is 0. The summed E-state index contributed by atoms with van der Waals surface area (Å²) in [4.78, 5) is 26.4. The Bertz CT molecular complexity index is 595. The van der Waals surface area contributed by atoms with E-state index in [0.29, 0.717) is 0 Å². The van der Waals surface area contributed by atoms with E-state index in [4.69, 9.17) is 0 Å². The summed E-state index contributed by atoms with van der Waals surface area (Å²) < 4.78 is 1.87. The van der Waals surface area contributed by atoms with Gasteiger partial charge in [-0.25, -0.2) is 9.97 Å². The standard InChI is InChI=1S/C14H17N5O/c1-11(20)18-7-2-3-12(9-18)13-14(17-5-4-16-13)19-8-6-15-10-19/h4-6,8,10,12H,2-3,7,9H2,1H3/t12-/m1/s1. The number of carbonyl (C=O) groups excluding carboxylic acids is 1. The summed E-state index contributed by atoms with van der Waals surface area (Å²) in [7, 11) is 0. The molecular formula is C14H17N5O. The summed E-state index contributed by atoms with van der Waals surface area (Å²) in [6.45, 7) is 3.18. The maximum absolute atomic E-state index is 11.6. The van der Waals surface area contributed by atoms with Gasteiger partial charge >= 0.3 is 0 Å². The molecular weight excluding hydrogens is 254 g/mol. The Hall–Kier alpha value is -2.24. The largest absolute Gasteiger partial charge is 0.342 e. The highest BCUT2D eigenvalue weighted by atomic mass is 16.2. The number of hydrogen-bond acceptors (Lipinski definition) is 4. The Kier molecular flexibility index (Phi) is 3.45. The summed E-state index contributed by atoms with van der Waals surface area (Å²) in [6, 6.07) is 0. The van der Waals surface area contributed by atoms with Crippen LogP contribution in [-0.4, -0.2) is 43.4 Å². The van der Waals surface area contributed by atoms with Crippen molar-refractivity contribution in [1.82, 2.24) is 24.4 Å². The normalized spacial score (nSPS) is 19.1. The molecule has 0 unspecified atom stereocenters. The molecule has 3 heterocycles. The first-order valence-electron chi connectivity index (χ1n) is 6.80. The average molecular weight is 271 g/mol. The summed E-state index contributed by atoms with van der Waals surface area (Å²) >= 11 is 0. The van der Waals surface area contributed by atoms with Gasteiger partial charge in [0.15, 0.2) is 5.82 Å². The Morgan fingerprint density at radius 3 is 2.90 bits per heavy atom. The molecule has 104 valence electrons. The molecule has 0 spiro atoms. The van der Waals surface area contributed by atoms with Gasteiger partial charge in [-0.05, 0) is 12.8 Å². The van der Waals surface area contributed by atoms with E-state index in [0.717, 1.165) is 37.4 Å². The highest BCUT2D eigenvalue weighted by Crippen LogP contribution is 2.28. The molecule has 1 aliphatic rings. The quantitative estimate of drug-likeness (QED) is 0.828. The van der Waals surface area contributed by atoms with Crippen molar-refractivity contribution in [2.45, 2.75) is 25.7 Å². The molecule has 1 saturated heterocycles. The Morgan fingerprint density at radius 2 is 2.15 bits per heavy atom. The van der Waals surface area contributed by atoms with Gasteiger partial charge in [0.05, 0.1) is 5.69 Å². The van der Waals surface area contributed by atoms with Gasteiger partial charge in [-0.3, -0.25) is 14.3 Å². The maximum atomic E-state index is 11.6. The van der Waals surface area contributed by atoms with Crippen molar-refractivity contribution in [1.29, 1.82) is 0 Å². The van der Waals surface area contributed by atoms with Gasteiger partial charge in [0.25, 0.3) is 0 Å². The van der Waals surface area contributed by atoms with E-state index >= 15 is 0 Å². The van der Waals surface area contributed by atoms with Crippen LogP contribution in [0.3, 0.4) is 0 Å². The van der Waals surface area contributed by atoms with Crippen LogP contribution in [-0.2, 0) is 4.79 Å². The number of amides is 1. The Labute approximate surface area is 117 Å². The smallest absolute Gasteiger partial charge is 0.219 e. The van der Waals surface area contributed by atoms with Gasteiger partial charge in [-0.1, -0.05) is 0 Å². The van der Waals surface area contributed by atoms with Gasteiger partial charge in [-0.2, -0.15) is 0 Å². The van der Waals surface area contributed by atoms with Crippen molar-refractivity contribution in [3.8, 4) is 5.82 Å². The van der Waals surface area contributed by atoms with E-state index in [-0.39, 0.29) is 11.8 Å². The first-order valence-corrected chi connectivity index (χ1v) is 6.80. The van der Waals surface area contributed by atoms with Crippen LogP contribution >= 0.6 is 0 Å². The number of rotatable bonds is 2. The van der Waals surface area contributed by atoms with Crippen LogP contribution in [0.25, 0.3) is 5.82 Å². The summed E-state index contributed by atoms with van der Waals surface area (Å²) in [5, 5.41) is 0. The van der Waals surface area contributed by atoms with Crippen LogP contribution in [0, 0.1) is 0 Å². The highest BCUT2D eigenvalue weighted by Gasteiger charge is 2.26. The lowest BCUT2D eigenvalue weighted by atomic mass is 9.94. The highest BCUT2D eigenvalue weighted by molar-refractivity contribution is 5.73. The molecule has 2 aromatic rings. The summed E-state index contributed by atoms with van der Waals surface area (Å²) in [5.41, 5.74) is 0.941. The molecule has 0 aromatic carbocycles. The second kappa shape index (κ2) is 5.40. The molecule has 20 heavy (non-hydrogen) atoms. The third-order valence-electron chi connectivity index (χ3n) is 3.71. The molecule has 0 N–H and O–H groups in total. The summed E-state index contributed by atoms with van der Waals surface area (Å²) in [6.07, 6.45) is 10.7. The second-order valence-corrected chi connectivity index (χ2v) is 5.04. The van der Waals surface area contributed by atoms with Crippen molar-refractivity contribution >= 4 is 5.91 Å². The van der Waals surface area contributed by atoms with Gasteiger partial charge in [0, 0.05) is 50.7 Å². The molecule has 6 heteroatoms. The van der Waals surface area contributed by atoms with E-state index in [1.165, 1.54) is 0 Å². The number of piperidine rings is 1. The number of imidazole rings is 1. The van der Waals surface area contributed by atoms with E-state index < -0.39 is 0 Å². The van der Waals surface area contributed by atoms with Gasteiger partial charge in [0.2, 0.25) is 5.91 Å². The average Bonchev–Trinajstić information content (AvgIpc) is 3.01. The van der Waals surface area contributed by atoms with E-state index in [9.17, 15) is 4.79 Å². The fourth-order valence-corrected chi connectivity index (χ4v) is 2.70. The van der Waals surface area contributed by atoms with Crippen LogP contribution in [0.4, 0.5) is 0 Å². The van der Waals surface area contributed by atoms with E-state index in [1.807, 2.05) is 15.7 Å². The Morgan fingerprint density at radius 1 is 1.30 bits per heavy atom. The van der Waals surface area contributed by atoms with Crippen LogP contribution < -0.4 is 0 Å². The lowest BCUT2D eigenvalue weighted by Crippen LogP contribution is -2.38. The molecule has 6 nitrogen and oxygen atoms in total. The van der Waals surface area contributed by atoms with Crippen LogP contribution in [0.5, 0.6) is 0 Å². The van der Waals surface area contributed by atoms with Crippen LogP contribution in [0.1, 0.15) is 31.4 Å². The van der Waals surface area contributed by atoms with Crippen molar-refractivity contribution in [2.75, 3.05) is 13.1 Å². The molecule has 0 saturated carbocycles. The molecule has 1 fully saturated rings. The van der Waals surface area contributed by atoms with Gasteiger partial charge in [0.1, 0.15) is 6.33 Å². The molecule has 1 atom stereocenters. The second-order valence-electron chi connectivity index (χ2n) is 5.04. The monoisotopic (exact) mass is 271 g/mol. The SMILES string of the molecule is CC(=O)N1CCC[C@@H](c2nccnc2-n2ccnc2)C1. The van der Waals surface area contributed by atoms with Crippen molar-refractivity contribution in [2.24, 2.45) is 0 Å². The van der Waals surface area contributed by atoms with Crippen molar-refractivity contribution in [3.63, 3.8) is 0 Å². The van der Waals surface area contributed by atoms with Crippen molar-refractivity contribution in [3.05, 3.63) is 36.8 Å². The van der Waals surface area contributed by atoms with Crippen molar-refractivity contribution < 1.29 is 4.79 Å². The minimum atomic E-state index is 0.128. The first kappa shape index (κ1) is 12.8. The minimum Gasteiger partial charge on any atom is -0.342 e. The number of nitrogens with zero attached hydrogens (tertiary/aromatic N) is 5.